The van der Waals surface area contributed by atoms with E-state index in [1.165, 1.54) is 11.0 Å². The van der Waals surface area contributed by atoms with E-state index >= 15 is 0 Å². The Balaban J connectivity index is 1.64. The first-order valence-electron chi connectivity index (χ1n) is 8.34. The average Bonchev–Trinajstić information content (AvgIpc) is 3.24. The number of halogens is 1. The molecule has 6 nitrogen and oxygen atoms in total. The Bertz CT molecular complexity index is 632. The molecular formula is C17H22FN3O3. The van der Waals surface area contributed by atoms with Gasteiger partial charge in [-0.3, -0.25) is 4.79 Å². The molecule has 1 aromatic rings. The molecule has 2 N–H and O–H groups in total. The van der Waals surface area contributed by atoms with Crippen LogP contribution in [0.2, 0.25) is 0 Å². The maximum absolute atomic E-state index is 14.2. The number of carbonyl (C=O) groups excluding carboxylic acids is 1. The molecule has 1 unspecified atom stereocenters. The van der Waals surface area contributed by atoms with Crippen LogP contribution in [0.3, 0.4) is 0 Å². The van der Waals surface area contributed by atoms with Gasteiger partial charge in [-0.15, -0.1) is 0 Å². The molecule has 1 aromatic carbocycles. The molecule has 2 aliphatic rings. The minimum Gasteiger partial charge on any atom is -0.481 e. The van der Waals surface area contributed by atoms with Crippen LogP contribution in [0, 0.1) is 11.7 Å². The lowest BCUT2D eigenvalue weighted by Crippen LogP contribution is -2.39. The number of carbonyl (C=O) groups is 2. The summed E-state index contributed by atoms with van der Waals surface area (Å²) >= 11 is 0. The zero-order valence-corrected chi connectivity index (χ0v) is 13.5. The fourth-order valence-corrected chi connectivity index (χ4v) is 3.40. The fraction of sp³-hybridized carbons (Fsp3) is 0.529. The second kappa shape index (κ2) is 7.07. The van der Waals surface area contributed by atoms with Crippen LogP contribution in [0.1, 0.15) is 24.8 Å². The minimum atomic E-state index is -0.879. The molecule has 2 amide bonds. The number of anilines is 1. The molecule has 24 heavy (non-hydrogen) atoms. The number of urea groups is 1. The molecule has 1 atom stereocenters. The van der Waals surface area contributed by atoms with Gasteiger partial charge in [0, 0.05) is 44.0 Å². The van der Waals surface area contributed by atoms with E-state index in [1.54, 1.807) is 6.07 Å². The van der Waals surface area contributed by atoms with Gasteiger partial charge in [0.15, 0.2) is 0 Å². The third-order valence-electron chi connectivity index (χ3n) is 4.78. The standard InChI is InChI=1S/C17H22FN3O3/c18-14-4-3-5-15(20-7-1-2-8-20)13(14)10-19-17(24)21-9-6-12(11-21)16(22)23/h3-5,12H,1-2,6-11H2,(H,19,24)(H,22,23). The van der Waals surface area contributed by atoms with Gasteiger partial charge in [-0.05, 0) is 31.4 Å². The third kappa shape index (κ3) is 3.44. The first-order chi connectivity index (χ1) is 11.6. The van der Waals surface area contributed by atoms with Gasteiger partial charge in [0.05, 0.1) is 5.92 Å². The molecule has 2 fully saturated rings. The number of aliphatic carboxylic acids is 1. The summed E-state index contributed by atoms with van der Waals surface area (Å²) in [6.45, 7) is 2.52. The Morgan fingerprint density at radius 1 is 1.25 bits per heavy atom. The van der Waals surface area contributed by atoms with Gasteiger partial charge in [-0.25, -0.2) is 9.18 Å². The third-order valence-corrected chi connectivity index (χ3v) is 4.78. The number of nitrogens with zero attached hydrogens (tertiary/aromatic N) is 2. The number of hydrogen-bond donors (Lipinski definition) is 2. The number of carboxylic acids is 1. The van der Waals surface area contributed by atoms with Crippen molar-refractivity contribution in [1.82, 2.24) is 10.2 Å². The highest BCUT2D eigenvalue weighted by Gasteiger charge is 2.31. The zero-order valence-electron chi connectivity index (χ0n) is 13.5. The van der Waals surface area contributed by atoms with Crippen molar-refractivity contribution in [3.63, 3.8) is 0 Å². The number of hydrogen-bond acceptors (Lipinski definition) is 3. The van der Waals surface area contributed by atoms with Gasteiger partial charge in [-0.2, -0.15) is 0 Å². The van der Waals surface area contributed by atoms with Gasteiger partial charge >= 0.3 is 12.0 Å². The summed E-state index contributed by atoms with van der Waals surface area (Å²) in [4.78, 5) is 26.8. The summed E-state index contributed by atoms with van der Waals surface area (Å²) in [6, 6.07) is 4.63. The molecule has 0 bridgehead atoms. The number of nitrogens with one attached hydrogen (secondary N) is 1. The van der Waals surface area contributed by atoms with E-state index in [1.807, 2.05) is 6.07 Å². The van der Waals surface area contributed by atoms with Crippen LogP contribution in [0.4, 0.5) is 14.9 Å². The molecule has 7 heteroatoms. The number of likely N-dealkylation sites (tertiary alicyclic amines) is 1. The lowest BCUT2D eigenvalue weighted by Gasteiger charge is -2.23. The maximum atomic E-state index is 14.2. The maximum Gasteiger partial charge on any atom is 0.317 e. The fourth-order valence-electron chi connectivity index (χ4n) is 3.40. The molecule has 0 aliphatic carbocycles. The summed E-state index contributed by atoms with van der Waals surface area (Å²) < 4.78 is 14.2. The van der Waals surface area contributed by atoms with Crippen molar-refractivity contribution in [3.05, 3.63) is 29.6 Å². The van der Waals surface area contributed by atoms with E-state index in [-0.39, 0.29) is 24.9 Å². The second-order valence-corrected chi connectivity index (χ2v) is 6.36. The van der Waals surface area contributed by atoms with E-state index in [0.717, 1.165) is 31.6 Å². The molecule has 3 rings (SSSR count). The van der Waals surface area contributed by atoms with Crippen LogP contribution in [-0.2, 0) is 11.3 Å². The number of rotatable bonds is 4. The van der Waals surface area contributed by atoms with Crippen molar-refractivity contribution in [2.45, 2.75) is 25.8 Å². The quantitative estimate of drug-likeness (QED) is 0.883. The molecule has 130 valence electrons. The average molecular weight is 335 g/mol. The Labute approximate surface area is 140 Å². The Morgan fingerprint density at radius 2 is 2.00 bits per heavy atom. The van der Waals surface area contributed by atoms with E-state index in [0.29, 0.717) is 18.5 Å². The summed E-state index contributed by atoms with van der Waals surface area (Å²) in [7, 11) is 0. The number of amides is 2. The van der Waals surface area contributed by atoms with E-state index in [2.05, 4.69) is 10.2 Å². The molecule has 0 radical (unpaired) electrons. The van der Waals surface area contributed by atoms with Crippen molar-refractivity contribution < 1.29 is 19.1 Å². The van der Waals surface area contributed by atoms with Crippen molar-refractivity contribution in [2.24, 2.45) is 5.92 Å². The van der Waals surface area contributed by atoms with Crippen LogP contribution in [0.15, 0.2) is 18.2 Å². The highest BCUT2D eigenvalue weighted by Crippen LogP contribution is 2.26. The lowest BCUT2D eigenvalue weighted by molar-refractivity contribution is -0.141. The largest absolute Gasteiger partial charge is 0.481 e. The van der Waals surface area contributed by atoms with Gasteiger partial charge in [-0.1, -0.05) is 6.07 Å². The summed E-state index contributed by atoms with van der Waals surface area (Å²) in [5, 5.41) is 11.7. The monoisotopic (exact) mass is 335 g/mol. The van der Waals surface area contributed by atoms with E-state index in [4.69, 9.17) is 5.11 Å². The van der Waals surface area contributed by atoms with Crippen LogP contribution >= 0.6 is 0 Å². The Morgan fingerprint density at radius 3 is 2.67 bits per heavy atom. The summed E-state index contributed by atoms with van der Waals surface area (Å²) in [5.74, 6) is -1.72. The lowest BCUT2D eigenvalue weighted by atomic mass is 10.1. The van der Waals surface area contributed by atoms with Crippen LogP contribution < -0.4 is 10.2 Å². The smallest absolute Gasteiger partial charge is 0.317 e. The molecule has 0 saturated carbocycles. The van der Waals surface area contributed by atoms with Crippen molar-refractivity contribution in [2.75, 3.05) is 31.1 Å². The highest BCUT2D eigenvalue weighted by molar-refractivity contribution is 5.77. The van der Waals surface area contributed by atoms with Crippen molar-refractivity contribution in [3.8, 4) is 0 Å². The molecule has 0 aromatic heterocycles. The van der Waals surface area contributed by atoms with Crippen LogP contribution in [0.5, 0.6) is 0 Å². The number of benzene rings is 1. The Hall–Kier alpha value is -2.31. The topological polar surface area (TPSA) is 72.9 Å². The molecule has 2 heterocycles. The van der Waals surface area contributed by atoms with Gasteiger partial charge in [0.2, 0.25) is 0 Å². The van der Waals surface area contributed by atoms with E-state index in [9.17, 15) is 14.0 Å². The van der Waals surface area contributed by atoms with E-state index < -0.39 is 11.9 Å². The zero-order chi connectivity index (χ0) is 17.1. The van der Waals surface area contributed by atoms with Gasteiger partial charge < -0.3 is 20.2 Å². The molecule has 2 aliphatic heterocycles. The highest BCUT2D eigenvalue weighted by atomic mass is 19.1. The summed E-state index contributed by atoms with van der Waals surface area (Å²) in [5.41, 5.74) is 1.32. The SMILES string of the molecule is O=C(O)C1CCN(C(=O)NCc2c(F)cccc2N2CCCC2)C1. The predicted molar refractivity (Wildman–Crippen MR) is 87.4 cm³/mol. The first kappa shape index (κ1) is 16.5. The molecule has 0 spiro atoms. The first-order valence-corrected chi connectivity index (χ1v) is 8.34. The molecular weight excluding hydrogens is 313 g/mol. The van der Waals surface area contributed by atoms with Gasteiger partial charge in [0.25, 0.3) is 0 Å². The van der Waals surface area contributed by atoms with Crippen molar-refractivity contribution in [1.29, 1.82) is 0 Å². The normalized spacial score (nSPS) is 20.5. The number of carboxylic acid groups (broad SMARTS) is 1. The van der Waals surface area contributed by atoms with Gasteiger partial charge in [0.1, 0.15) is 5.82 Å². The minimum absolute atomic E-state index is 0.103. The Kier molecular flexibility index (Phi) is 4.87. The van der Waals surface area contributed by atoms with Crippen LogP contribution in [-0.4, -0.2) is 48.2 Å². The predicted octanol–water partition coefficient (Wildman–Crippen LogP) is 2.04. The summed E-state index contributed by atoms with van der Waals surface area (Å²) in [6.07, 6.45) is 2.64. The molecule has 2 saturated heterocycles. The van der Waals surface area contributed by atoms with Crippen LogP contribution in [0.25, 0.3) is 0 Å². The second-order valence-electron chi connectivity index (χ2n) is 6.36. The van der Waals surface area contributed by atoms with Crippen molar-refractivity contribution >= 4 is 17.7 Å².